The van der Waals surface area contributed by atoms with Crippen molar-refractivity contribution in [3.05, 3.63) is 0 Å². The average molecular weight is 489 g/mol. The van der Waals surface area contributed by atoms with E-state index in [2.05, 4.69) is 15.2 Å². The molecule has 0 aromatic rings. The van der Waals surface area contributed by atoms with E-state index in [1.165, 1.54) is 6.26 Å². The Labute approximate surface area is 168 Å². The molecule has 0 bridgehead atoms. The smallest absolute Gasteiger partial charge is 0.194 e. The second-order valence-corrected chi connectivity index (χ2v) is 9.76. The zero-order valence-electron chi connectivity index (χ0n) is 15.7. The molecule has 0 radical (unpaired) electrons. The van der Waals surface area contributed by atoms with Gasteiger partial charge in [-0.25, -0.2) is 8.42 Å². The van der Waals surface area contributed by atoms with Crippen LogP contribution in [0.15, 0.2) is 4.99 Å². The van der Waals surface area contributed by atoms with Gasteiger partial charge in [0.05, 0.1) is 24.0 Å². The molecule has 9 heteroatoms. The molecule has 2 atom stereocenters. The van der Waals surface area contributed by atoms with Crippen LogP contribution in [-0.2, 0) is 19.3 Å². The van der Waals surface area contributed by atoms with Crippen molar-refractivity contribution in [2.24, 2.45) is 4.99 Å². The van der Waals surface area contributed by atoms with Crippen molar-refractivity contribution in [2.45, 2.75) is 50.6 Å². The van der Waals surface area contributed by atoms with Crippen LogP contribution in [-0.4, -0.2) is 81.9 Å². The van der Waals surface area contributed by atoms with Crippen LogP contribution in [0.3, 0.4) is 0 Å². The predicted molar refractivity (Wildman–Crippen MR) is 111 cm³/mol. The predicted octanol–water partition coefficient (Wildman–Crippen LogP) is 1.27. The summed E-state index contributed by atoms with van der Waals surface area (Å²) in [6.45, 7) is 9.30. The molecule has 2 fully saturated rings. The molecule has 0 saturated carbocycles. The third kappa shape index (κ3) is 6.21. The summed E-state index contributed by atoms with van der Waals surface area (Å²) in [4.78, 5) is 6.74. The van der Waals surface area contributed by atoms with E-state index in [1.807, 2.05) is 6.92 Å². The fourth-order valence-corrected chi connectivity index (χ4v) is 3.10. The molecule has 2 saturated heterocycles. The Morgan fingerprint density at radius 1 is 1.28 bits per heavy atom. The van der Waals surface area contributed by atoms with Crippen LogP contribution in [0.4, 0.5) is 0 Å². The molecule has 2 rings (SSSR count). The summed E-state index contributed by atoms with van der Waals surface area (Å²) < 4.78 is 34.5. The Hall–Kier alpha value is -0.130. The quantitative estimate of drug-likeness (QED) is 0.356. The number of ether oxygens (including phenoxy) is 2. The first-order valence-corrected chi connectivity index (χ1v) is 10.6. The van der Waals surface area contributed by atoms with Crippen molar-refractivity contribution < 1.29 is 17.9 Å². The fraction of sp³-hybridized carbons (Fsp3) is 0.938. The zero-order chi connectivity index (χ0) is 17.8. The van der Waals surface area contributed by atoms with Gasteiger partial charge in [-0.2, -0.15) is 0 Å². The topological polar surface area (TPSA) is 80.2 Å². The summed E-state index contributed by atoms with van der Waals surface area (Å²) in [6, 6.07) is 0. The first-order valence-electron chi connectivity index (χ1n) is 8.70. The monoisotopic (exact) mass is 489 g/mol. The maximum atomic E-state index is 11.9. The Kier molecular flexibility index (Phi) is 8.89. The fourth-order valence-electron chi connectivity index (χ4n) is 2.80. The van der Waals surface area contributed by atoms with Crippen LogP contribution in [0.1, 0.15) is 33.6 Å². The molecule has 148 valence electrons. The van der Waals surface area contributed by atoms with E-state index in [9.17, 15) is 8.42 Å². The minimum absolute atomic E-state index is 0. The Balaban J connectivity index is 0.00000312. The lowest BCUT2D eigenvalue weighted by Gasteiger charge is -2.37. The number of sulfone groups is 1. The number of hydrogen-bond donors (Lipinski definition) is 1. The average Bonchev–Trinajstić information content (AvgIpc) is 3.05. The molecule has 0 aliphatic carbocycles. The van der Waals surface area contributed by atoms with Crippen LogP contribution in [0, 0.1) is 0 Å². The Morgan fingerprint density at radius 3 is 2.52 bits per heavy atom. The number of morpholine rings is 1. The van der Waals surface area contributed by atoms with Crippen molar-refractivity contribution in [1.29, 1.82) is 0 Å². The standard InChI is InChI=1S/C16H31N3O4S.HI/c1-5-17-15(18-12-16(2,3)24(4,20)21)19-8-10-23-14(11-19)13-7-6-9-22-13;/h13-14H,5-12H2,1-4H3,(H,17,18);1H. The summed E-state index contributed by atoms with van der Waals surface area (Å²) in [6.07, 6.45) is 3.59. The number of rotatable bonds is 5. The first-order chi connectivity index (χ1) is 11.2. The second-order valence-electron chi connectivity index (χ2n) is 7.11. The third-order valence-corrected chi connectivity index (χ3v) is 6.86. The Morgan fingerprint density at radius 2 is 1.96 bits per heavy atom. The summed E-state index contributed by atoms with van der Waals surface area (Å²) in [5.74, 6) is 0.750. The summed E-state index contributed by atoms with van der Waals surface area (Å²) in [5, 5.41) is 3.27. The number of halogens is 1. The van der Waals surface area contributed by atoms with Crippen LogP contribution < -0.4 is 5.32 Å². The minimum Gasteiger partial charge on any atom is -0.375 e. The summed E-state index contributed by atoms with van der Waals surface area (Å²) >= 11 is 0. The molecule has 0 amide bonds. The zero-order valence-corrected chi connectivity index (χ0v) is 18.8. The number of guanidine groups is 1. The third-order valence-electron chi connectivity index (χ3n) is 4.72. The van der Waals surface area contributed by atoms with Crippen molar-refractivity contribution in [2.75, 3.05) is 45.6 Å². The number of hydrogen-bond acceptors (Lipinski definition) is 5. The van der Waals surface area contributed by atoms with Gasteiger partial charge in [-0.05, 0) is 33.6 Å². The number of aliphatic imine (C=N–C) groups is 1. The van der Waals surface area contributed by atoms with Gasteiger partial charge in [0, 0.05) is 32.5 Å². The largest absolute Gasteiger partial charge is 0.375 e. The molecule has 0 aromatic heterocycles. The van der Waals surface area contributed by atoms with E-state index < -0.39 is 14.6 Å². The van der Waals surface area contributed by atoms with Crippen LogP contribution in [0.5, 0.6) is 0 Å². The van der Waals surface area contributed by atoms with Gasteiger partial charge in [0.15, 0.2) is 15.8 Å². The van der Waals surface area contributed by atoms with E-state index in [-0.39, 0.29) is 42.7 Å². The van der Waals surface area contributed by atoms with Crippen molar-refractivity contribution >= 4 is 39.8 Å². The van der Waals surface area contributed by atoms with E-state index in [0.29, 0.717) is 6.61 Å². The molecule has 25 heavy (non-hydrogen) atoms. The van der Waals surface area contributed by atoms with Crippen LogP contribution in [0.2, 0.25) is 0 Å². The number of nitrogens with zero attached hydrogens (tertiary/aromatic N) is 2. The van der Waals surface area contributed by atoms with Gasteiger partial charge >= 0.3 is 0 Å². The number of nitrogens with one attached hydrogen (secondary N) is 1. The van der Waals surface area contributed by atoms with Crippen molar-refractivity contribution in [1.82, 2.24) is 10.2 Å². The van der Waals surface area contributed by atoms with Gasteiger partial charge in [0.2, 0.25) is 0 Å². The molecule has 0 aromatic carbocycles. The molecule has 0 spiro atoms. The van der Waals surface area contributed by atoms with E-state index in [0.717, 1.165) is 45.0 Å². The lowest BCUT2D eigenvalue weighted by atomic mass is 10.1. The molecule has 1 N–H and O–H groups in total. The van der Waals surface area contributed by atoms with E-state index in [4.69, 9.17) is 9.47 Å². The highest BCUT2D eigenvalue weighted by atomic mass is 127. The normalized spacial score (nSPS) is 25.6. The van der Waals surface area contributed by atoms with Gasteiger partial charge in [0.25, 0.3) is 0 Å². The SMILES string of the molecule is CCNC(=NCC(C)(C)S(C)(=O)=O)N1CCOC(C2CCCO2)C1.I. The molecular weight excluding hydrogens is 457 g/mol. The molecule has 2 aliphatic heterocycles. The van der Waals surface area contributed by atoms with Gasteiger partial charge < -0.3 is 19.7 Å². The second kappa shape index (κ2) is 9.70. The van der Waals surface area contributed by atoms with E-state index >= 15 is 0 Å². The highest BCUT2D eigenvalue weighted by molar-refractivity contribution is 14.0. The molecule has 7 nitrogen and oxygen atoms in total. The maximum Gasteiger partial charge on any atom is 0.194 e. The molecule has 2 aliphatic rings. The lowest BCUT2D eigenvalue weighted by Crippen LogP contribution is -2.53. The van der Waals surface area contributed by atoms with Gasteiger partial charge in [0.1, 0.15) is 6.10 Å². The summed E-state index contributed by atoms with van der Waals surface area (Å²) in [5.41, 5.74) is 0. The molecular formula is C16H32IN3O4S. The maximum absolute atomic E-state index is 11.9. The van der Waals surface area contributed by atoms with Crippen molar-refractivity contribution in [3.63, 3.8) is 0 Å². The van der Waals surface area contributed by atoms with Gasteiger partial charge in [-0.3, -0.25) is 4.99 Å². The van der Waals surface area contributed by atoms with Gasteiger partial charge in [-0.15, -0.1) is 24.0 Å². The highest BCUT2D eigenvalue weighted by Gasteiger charge is 2.33. The molecule has 2 heterocycles. The summed E-state index contributed by atoms with van der Waals surface area (Å²) in [7, 11) is -3.17. The van der Waals surface area contributed by atoms with E-state index in [1.54, 1.807) is 13.8 Å². The lowest BCUT2D eigenvalue weighted by molar-refractivity contribution is -0.0817. The Bertz CT molecular complexity index is 548. The van der Waals surface area contributed by atoms with Crippen LogP contribution >= 0.6 is 24.0 Å². The first kappa shape index (κ1) is 22.9. The van der Waals surface area contributed by atoms with Gasteiger partial charge in [-0.1, -0.05) is 0 Å². The molecule has 2 unspecified atom stereocenters. The van der Waals surface area contributed by atoms with Crippen molar-refractivity contribution in [3.8, 4) is 0 Å². The minimum atomic E-state index is -3.17. The van der Waals surface area contributed by atoms with Crippen LogP contribution in [0.25, 0.3) is 0 Å². The highest BCUT2D eigenvalue weighted by Crippen LogP contribution is 2.21.